The summed E-state index contributed by atoms with van der Waals surface area (Å²) in [5.74, 6) is -0.909. The number of aromatic carboxylic acids is 1. The molecule has 0 bridgehead atoms. The molecule has 0 atom stereocenters. The van der Waals surface area contributed by atoms with Crippen molar-refractivity contribution >= 4 is 11.8 Å². The number of ketones is 1. The van der Waals surface area contributed by atoms with Crippen molar-refractivity contribution in [3.05, 3.63) is 23.7 Å². The average molecular weight is 210 g/mol. The van der Waals surface area contributed by atoms with Gasteiger partial charge in [-0.3, -0.25) is 4.79 Å². The quantitative estimate of drug-likeness (QED) is 0.758. The van der Waals surface area contributed by atoms with Gasteiger partial charge >= 0.3 is 5.97 Å². The van der Waals surface area contributed by atoms with Crippen molar-refractivity contribution in [2.75, 3.05) is 0 Å². The second-order valence-corrected chi connectivity index (χ2v) is 3.82. The van der Waals surface area contributed by atoms with Crippen molar-refractivity contribution in [3.8, 4) is 0 Å². The highest BCUT2D eigenvalue weighted by Crippen LogP contribution is 2.13. The van der Waals surface area contributed by atoms with Gasteiger partial charge in [0.15, 0.2) is 11.5 Å². The summed E-state index contributed by atoms with van der Waals surface area (Å²) in [7, 11) is 0. The van der Waals surface area contributed by atoms with E-state index >= 15 is 0 Å². The number of Topliss-reactive ketones (excluding diaryl/α,β-unsaturated/α-hetero) is 1. The zero-order chi connectivity index (χ0) is 11.4. The predicted octanol–water partition coefficient (Wildman–Crippen LogP) is 2.60. The maximum atomic E-state index is 11.5. The van der Waals surface area contributed by atoms with E-state index in [0.29, 0.717) is 12.3 Å². The van der Waals surface area contributed by atoms with E-state index in [1.807, 2.05) is 13.8 Å². The first-order valence-corrected chi connectivity index (χ1v) is 4.87. The Kier molecular flexibility index (Phi) is 3.66. The Balaban J connectivity index is 2.62. The number of carboxylic acid groups (broad SMARTS) is 1. The van der Waals surface area contributed by atoms with Crippen LogP contribution >= 0.6 is 0 Å². The molecule has 0 aromatic carbocycles. The van der Waals surface area contributed by atoms with E-state index in [1.165, 1.54) is 12.1 Å². The highest BCUT2D eigenvalue weighted by atomic mass is 16.4. The minimum Gasteiger partial charge on any atom is -0.475 e. The average Bonchev–Trinajstić information content (AvgIpc) is 2.62. The molecule has 4 heteroatoms. The molecule has 1 N–H and O–H groups in total. The molecule has 82 valence electrons. The summed E-state index contributed by atoms with van der Waals surface area (Å²) >= 11 is 0. The lowest BCUT2D eigenvalue weighted by molar-refractivity contribution is 0.0660. The third kappa shape index (κ3) is 3.23. The summed E-state index contributed by atoms with van der Waals surface area (Å²) in [4.78, 5) is 22.0. The molecule has 1 heterocycles. The van der Waals surface area contributed by atoms with Crippen molar-refractivity contribution in [2.24, 2.45) is 5.92 Å². The molecule has 0 radical (unpaired) electrons. The number of rotatable bonds is 5. The van der Waals surface area contributed by atoms with Crippen LogP contribution in [-0.4, -0.2) is 16.9 Å². The summed E-state index contributed by atoms with van der Waals surface area (Å²) in [5, 5.41) is 8.59. The second-order valence-electron chi connectivity index (χ2n) is 3.82. The van der Waals surface area contributed by atoms with Crippen LogP contribution in [0, 0.1) is 5.92 Å². The molecule has 0 saturated carbocycles. The van der Waals surface area contributed by atoms with Crippen LogP contribution in [0.1, 0.15) is 47.8 Å². The summed E-state index contributed by atoms with van der Waals surface area (Å²) < 4.78 is 4.89. The summed E-state index contributed by atoms with van der Waals surface area (Å²) in [6, 6.07) is 2.71. The monoisotopic (exact) mass is 210 g/mol. The summed E-state index contributed by atoms with van der Waals surface area (Å²) in [6.07, 6.45) is 1.17. The lowest BCUT2D eigenvalue weighted by Gasteiger charge is -2.01. The molecule has 0 unspecified atom stereocenters. The van der Waals surface area contributed by atoms with E-state index in [-0.39, 0.29) is 17.3 Å². The van der Waals surface area contributed by atoms with Crippen LogP contribution in [0.5, 0.6) is 0 Å². The Morgan fingerprint density at radius 2 is 1.93 bits per heavy atom. The molecule has 0 saturated heterocycles. The normalized spacial score (nSPS) is 10.6. The van der Waals surface area contributed by atoms with Gasteiger partial charge in [-0.2, -0.15) is 0 Å². The molecule has 15 heavy (non-hydrogen) atoms. The van der Waals surface area contributed by atoms with Gasteiger partial charge in [-0.05, 0) is 24.5 Å². The highest BCUT2D eigenvalue weighted by Gasteiger charge is 2.14. The molecule has 1 aromatic heterocycles. The number of hydrogen-bond donors (Lipinski definition) is 1. The van der Waals surface area contributed by atoms with Gasteiger partial charge in [-0.1, -0.05) is 13.8 Å². The zero-order valence-electron chi connectivity index (χ0n) is 8.82. The lowest BCUT2D eigenvalue weighted by Crippen LogP contribution is -2.00. The number of carbonyl (C=O) groups excluding carboxylic acids is 1. The third-order valence-corrected chi connectivity index (χ3v) is 2.04. The predicted molar refractivity (Wildman–Crippen MR) is 54.1 cm³/mol. The van der Waals surface area contributed by atoms with Gasteiger partial charge in [-0.15, -0.1) is 0 Å². The molecule has 1 rings (SSSR count). The van der Waals surface area contributed by atoms with Crippen LogP contribution in [0.15, 0.2) is 16.5 Å². The molecule has 0 aliphatic carbocycles. The highest BCUT2D eigenvalue weighted by molar-refractivity contribution is 5.95. The van der Waals surface area contributed by atoms with Gasteiger partial charge in [0.2, 0.25) is 5.76 Å². The third-order valence-electron chi connectivity index (χ3n) is 2.04. The van der Waals surface area contributed by atoms with E-state index in [2.05, 4.69) is 0 Å². The Labute approximate surface area is 87.9 Å². The zero-order valence-corrected chi connectivity index (χ0v) is 8.82. The Morgan fingerprint density at radius 3 is 2.40 bits per heavy atom. The lowest BCUT2D eigenvalue weighted by atomic mass is 10.1. The molecule has 0 aliphatic rings. The van der Waals surface area contributed by atoms with Crippen molar-refractivity contribution in [1.82, 2.24) is 0 Å². The van der Waals surface area contributed by atoms with E-state index in [0.717, 1.165) is 6.42 Å². The first kappa shape index (κ1) is 11.5. The maximum Gasteiger partial charge on any atom is 0.371 e. The second kappa shape index (κ2) is 4.77. The molecule has 4 nitrogen and oxygen atoms in total. The van der Waals surface area contributed by atoms with Crippen LogP contribution in [0.2, 0.25) is 0 Å². The Bertz CT molecular complexity index is 362. The molecule has 1 aromatic rings. The fraction of sp³-hybridized carbons (Fsp3) is 0.455. The molecular formula is C11H14O4. The topological polar surface area (TPSA) is 67.5 Å². The number of hydrogen-bond acceptors (Lipinski definition) is 3. The van der Waals surface area contributed by atoms with Crippen molar-refractivity contribution in [2.45, 2.75) is 26.7 Å². The van der Waals surface area contributed by atoms with Gasteiger partial charge in [0.05, 0.1) is 0 Å². The molecule has 0 aliphatic heterocycles. The van der Waals surface area contributed by atoms with Gasteiger partial charge in [0, 0.05) is 6.42 Å². The smallest absolute Gasteiger partial charge is 0.371 e. The van der Waals surface area contributed by atoms with E-state index in [4.69, 9.17) is 9.52 Å². The first-order chi connectivity index (χ1) is 7.00. The summed E-state index contributed by atoms with van der Waals surface area (Å²) in [5.41, 5.74) is 0. The van der Waals surface area contributed by atoms with Crippen molar-refractivity contribution in [3.63, 3.8) is 0 Å². The van der Waals surface area contributed by atoms with E-state index in [1.54, 1.807) is 0 Å². The van der Waals surface area contributed by atoms with Crippen LogP contribution < -0.4 is 0 Å². The van der Waals surface area contributed by atoms with Gasteiger partial charge in [-0.25, -0.2) is 4.79 Å². The number of furan rings is 1. The molecule has 0 spiro atoms. The minimum atomic E-state index is -1.15. The van der Waals surface area contributed by atoms with Gasteiger partial charge < -0.3 is 9.52 Å². The largest absolute Gasteiger partial charge is 0.475 e. The fourth-order valence-electron chi connectivity index (χ4n) is 1.15. The molecule has 0 fully saturated rings. The van der Waals surface area contributed by atoms with Crippen LogP contribution in [0.3, 0.4) is 0 Å². The Hall–Kier alpha value is -1.58. The fourth-order valence-corrected chi connectivity index (χ4v) is 1.15. The van der Waals surface area contributed by atoms with Crippen molar-refractivity contribution < 1.29 is 19.1 Å². The number of carboxylic acids is 1. The first-order valence-electron chi connectivity index (χ1n) is 4.87. The number of carbonyl (C=O) groups is 2. The molecule has 0 amide bonds. The van der Waals surface area contributed by atoms with Crippen molar-refractivity contribution in [1.29, 1.82) is 0 Å². The van der Waals surface area contributed by atoms with E-state index < -0.39 is 5.97 Å². The Morgan fingerprint density at radius 1 is 1.33 bits per heavy atom. The molecular weight excluding hydrogens is 196 g/mol. The standard InChI is InChI=1S/C11H14O4/c1-7(2)3-4-8(12)9-5-6-10(15-9)11(13)14/h5-7H,3-4H2,1-2H3,(H,13,14). The van der Waals surface area contributed by atoms with Crippen LogP contribution in [0.4, 0.5) is 0 Å². The van der Waals surface area contributed by atoms with Crippen LogP contribution in [0.25, 0.3) is 0 Å². The minimum absolute atomic E-state index is 0.132. The maximum absolute atomic E-state index is 11.5. The van der Waals surface area contributed by atoms with Gasteiger partial charge in [0.25, 0.3) is 0 Å². The van der Waals surface area contributed by atoms with E-state index in [9.17, 15) is 9.59 Å². The van der Waals surface area contributed by atoms with Gasteiger partial charge in [0.1, 0.15) is 0 Å². The summed E-state index contributed by atoms with van der Waals surface area (Å²) in [6.45, 7) is 4.05. The SMILES string of the molecule is CC(C)CCC(=O)c1ccc(C(=O)O)o1. The van der Waals surface area contributed by atoms with Crippen LogP contribution in [-0.2, 0) is 0 Å².